The van der Waals surface area contributed by atoms with Gasteiger partial charge in [0.05, 0.1) is 11.0 Å². The van der Waals surface area contributed by atoms with Gasteiger partial charge in [-0.15, -0.1) is 0 Å². The summed E-state index contributed by atoms with van der Waals surface area (Å²) in [6, 6.07) is 13.8. The monoisotopic (exact) mass is 335 g/mol. The molecule has 3 heterocycles. The van der Waals surface area contributed by atoms with Gasteiger partial charge in [0.25, 0.3) is 5.56 Å². The summed E-state index contributed by atoms with van der Waals surface area (Å²) in [4.78, 5) is 26.2. The van der Waals surface area contributed by atoms with E-state index in [0.717, 1.165) is 43.0 Å². The maximum absolute atomic E-state index is 12.6. The Hall–Kier alpha value is -2.73. The third-order valence-electron chi connectivity index (χ3n) is 4.77. The molecule has 0 saturated carbocycles. The van der Waals surface area contributed by atoms with Crippen LogP contribution in [0.15, 0.2) is 53.5 Å². The number of nitrogens with zero attached hydrogens (tertiary/aromatic N) is 5. The van der Waals surface area contributed by atoms with Crippen LogP contribution in [0.2, 0.25) is 0 Å². The van der Waals surface area contributed by atoms with Gasteiger partial charge in [-0.05, 0) is 24.3 Å². The number of hydrogen-bond acceptors (Lipinski definition) is 5. The zero-order chi connectivity index (χ0) is 17.2. The second-order valence-corrected chi connectivity index (χ2v) is 6.36. The molecule has 1 aliphatic rings. The van der Waals surface area contributed by atoms with Gasteiger partial charge in [0.1, 0.15) is 11.5 Å². The summed E-state index contributed by atoms with van der Waals surface area (Å²) in [7, 11) is 1.81. The molecule has 128 valence electrons. The first-order valence-corrected chi connectivity index (χ1v) is 8.55. The van der Waals surface area contributed by atoms with E-state index >= 15 is 0 Å². The van der Waals surface area contributed by atoms with Gasteiger partial charge in [0, 0.05) is 46.0 Å². The predicted octanol–water partition coefficient (Wildman–Crippen LogP) is 1.65. The van der Waals surface area contributed by atoms with E-state index in [2.05, 4.69) is 19.8 Å². The van der Waals surface area contributed by atoms with Crippen molar-refractivity contribution < 1.29 is 0 Å². The maximum Gasteiger partial charge on any atom is 0.273 e. The highest BCUT2D eigenvalue weighted by atomic mass is 16.1. The smallest absolute Gasteiger partial charge is 0.273 e. The predicted molar refractivity (Wildman–Crippen MR) is 98.7 cm³/mol. The molecule has 0 aliphatic carbocycles. The Morgan fingerprint density at radius 2 is 1.76 bits per heavy atom. The minimum atomic E-state index is -0.00847. The minimum absolute atomic E-state index is 0.00847. The summed E-state index contributed by atoms with van der Waals surface area (Å²) in [6.07, 6.45) is 1.82. The molecule has 25 heavy (non-hydrogen) atoms. The van der Waals surface area contributed by atoms with E-state index in [4.69, 9.17) is 0 Å². The average Bonchev–Trinajstić information content (AvgIpc) is 2.67. The SMILES string of the molecule is Cn1c(=O)c(CN2CCN(c3ccccn3)CC2)nc2ccccc21. The quantitative estimate of drug-likeness (QED) is 0.728. The first-order chi connectivity index (χ1) is 12.2. The molecule has 0 spiro atoms. The highest BCUT2D eigenvalue weighted by molar-refractivity contribution is 5.74. The number of pyridine rings is 1. The lowest BCUT2D eigenvalue weighted by Gasteiger charge is -2.35. The average molecular weight is 335 g/mol. The molecule has 6 nitrogen and oxygen atoms in total. The fourth-order valence-electron chi connectivity index (χ4n) is 3.33. The molecule has 0 amide bonds. The van der Waals surface area contributed by atoms with Gasteiger partial charge in [0.15, 0.2) is 0 Å². The van der Waals surface area contributed by atoms with Crippen molar-refractivity contribution in [3.63, 3.8) is 0 Å². The Morgan fingerprint density at radius 1 is 1.00 bits per heavy atom. The van der Waals surface area contributed by atoms with Crippen molar-refractivity contribution in [2.45, 2.75) is 6.54 Å². The lowest BCUT2D eigenvalue weighted by Crippen LogP contribution is -2.47. The Labute approximate surface area is 146 Å². The molecular formula is C19H21N5O. The van der Waals surface area contributed by atoms with E-state index in [9.17, 15) is 4.79 Å². The number of rotatable bonds is 3. The third-order valence-corrected chi connectivity index (χ3v) is 4.77. The second-order valence-electron chi connectivity index (χ2n) is 6.36. The number of anilines is 1. The molecule has 1 aromatic carbocycles. The lowest BCUT2D eigenvalue weighted by molar-refractivity contribution is 0.245. The lowest BCUT2D eigenvalue weighted by atomic mass is 10.2. The molecular weight excluding hydrogens is 314 g/mol. The van der Waals surface area contributed by atoms with Crippen molar-refractivity contribution in [1.82, 2.24) is 19.4 Å². The van der Waals surface area contributed by atoms with Gasteiger partial charge in [-0.1, -0.05) is 18.2 Å². The van der Waals surface area contributed by atoms with E-state index in [0.29, 0.717) is 12.2 Å². The molecule has 6 heteroatoms. The van der Waals surface area contributed by atoms with Crippen LogP contribution in [0.4, 0.5) is 5.82 Å². The van der Waals surface area contributed by atoms with Crippen LogP contribution in [0, 0.1) is 0 Å². The van der Waals surface area contributed by atoms with Crippen molar-refractivity contribution in [3.8, 4) is 0 Å². The largest absolute Gasteiger partial charge is 0.354 e. The van der Waals surface area contributed by atoms with Gasteiger partial charge in [-0.2, -0.15) is 0 Å². The Bertz CT molecular complexity index is 929. The summed E-state index contributed by atoms with van der Waals surface area (Å²) in [6.45, 7) is 4.20. The van der Waals surface area contributed by atoms with E-state index in [-0.39, 0.29) is 5.56 Å². The van der Waals surface area contributed by atoms with E-state index in [1.165, 1.54) is 0 Å². The zero-order valence-electron chi connectivity index (χ0n) is 14.3. The second kappa shape index (κ2) is 6.64. The Kier molecular flexibility index (Phi) is 4.19. The summed E-state index contributed by atoms with van der Waals surface area (Å²) < 4.78 is 1.70. The number of piperazine rings is 1. The van der Waals surface area contributed by atoms with E-state index < -0.39 is 0 Å². The van der Waals surface area contributed by atoms with Crippen LogP contribution in [0.3, 0.4) is 0 Å². The van der Waals surface area contributed by atoms with Crippen LogP contribution in [0.5, 0.6) is 0 Å². The Balaban J connectivity index is 1.50. The fourth-order valence-corrected chi connectivity index (χ4v) is 3.33. The summed E-state index contributed by atoms with van der Waals surface area (Å²) in [5, 5.41) is 0. The topological polar surface area (TPSA) is 54.3 Å². The van der Waals surface area contributed by atoms with Crippen LogP contribution in [0.25, 0.3) is 11.0 Å². The molecule has 1 aliphatic heterocycles. The van der Waals surface area contributed by atoms with E-state index in [1.807, 2.05) is 55.7 Å². The summed E-state index contributed by atoms with van der Waals surface area (Å²) >= 11 is 0. The van der Waals surface area contributed by atoms with E-state index in [1.54, 1.807) is 4.57 Å². The number of benzene rings is 1. The van der Waals surface area contributed by atoms with Gasteiger partial charge in [-0.3, -0.25) is 9.69 Å². The highest BCUT2D eigenvalue weighted by Gasteiger charge is 2.20. The number of aryl methyl sites for hydroxylation is 1. The van der Waals surface area contributed by atoms with Crippen LogP contribution < -0.4 is 10.5 Å². The van der Waals surface area contributed by atoms with Gasteiger partial charge >= 0.3 is 0 Å². The van der Waals surface area contributed by atoms with Crippen LogP contribution >= 0.6 is 0 Å². The molecule has 0 atom stereocenters. The zero-order valence-corrected chi connectivity index (χ0v) is 14.3. The molecule has 3 aromatic rings. The maximum atomic E-state index is 12.6. The number of fused-ring (bicyclic) bond motifs is 1. The van der Waals surface area contributed by atoms with Gasteiger partial charge in [0.2, 0.25) is 0 Å². The fraction of sp³-hybridized carbons (Fsp3) is 0.316. The highest BCUT2D eigenvalue weighted by Crippen LogP contribution is 2.14. The first kappa shape index (κ1) is 15.8. The molecule has 0 radical (unpaired) electrons. The molecule has 0 bridgehead atoms. The summed E-state index contributed by atoms with van der Waals surface area (Å²) in [5.74, 6) is 1.02. The van der Waals surface area contributed by atoms with Gasteiger partial charge in [-0.25, -0.2) is 9.97 Å². The molecule has 1 fully saturated rings. The van der Waals surface area contributed by atoms with Crippen LogP contribution in [-0.2, 0) is 13.6 Å². The van der Waals surface area contributed by atoms with Crippen molar-refractivity contribution in [2.24, 2.45) is 7.05 Å². The standard InChI is InChI=1S/C19H21N5O/c1-22-17-7-3-2-6-15(17)21-16(19(22)25)14-23-10-12-24(13-11-23)18-8-4-5-9-20-18/h2-9H,10-14H2,1H3. The molecule has 0 unspecified atom stereocenters. The van der Waals surface area contributed by atoms with Crippen LogP contribution in [0.1, 0.15) is 5.69 Å². The molecule has 0 N–H and O–H groups in total. The van der Waals surface area contributed by atoms with Gasteiger partial charge < -0.3 is 9.47 Å². The number of aromatic nitrogens is 3. The normalized spacial score (nSPS) is 15.6. The number of hydrogen-bond donors (Lipinski definition) is 0. The first-order valence-electron chi connectivity index (χ1n) is 8.55. The molecule has 1 saturated heterocycles. The third kappa shape index (κ3) is 3.13. The molecule has 4 rings (SSSR count). The van der Waals surface area contributed by atoms with Crippen molar-refractivity contribution in [2.75, 3.05) is 31.1 Å². The van der Waals surface area contributed by atoms with Crippen molar-refractivity contribution in [3.05, 3.63) is 64.7 Å². The van der Waals surface area contributed by atoms with Crippen LogP contribution in [-0.4, -0.2) is 45.6 Å². The summed E-state index contributed by atoms with van der Waals surface area (Å²) in [5.41, 5.74) is 2.35. The molecule has 2 aromatic heterocycles. The van der Waals surface area contributed by atoms with Crippen molar-refractivity contribution >= 4 is 16.9 Å². The number of para-hydroxylation sites is 2. The van der Waals surface area contributed by atoms with Crippen molar-refractivity contribution in [1.29, 1.82) is 0 Å². The Morgan fingerprint density at radius 3 is 2.52 bits per heavy atom. The minimum Gasteiger partial charge on any atom is -0.354 e.